The Morgan fingerprint density at radius 1 is 0.900 bits per heavy atom. The molecule has 0 spiro atoms. The van der Waals surface area contributed by atoms with Crippen LogP contribution in [0.4, 0.5) is 11.4 Å². The third-order valence-electron chi connectivity index (χ3n) is 4.34. The average Bonchev–Trinajstić information content (AvgIpc) is 2.74. The van der Waals surface area contributed by atoms with Gasteiger partial charge in [0.15, 0.2) is 5.11 Å². The summed E-state index contributed by atoms with van der Waals surface area (Å²) in [7, 11) is -2.14. The quantitative estimate of drug-likeness (QED) is 0.475. The van der Waals surface area contributed by atoms with Crippen molar-refractivity contribution in [3.63, 3.8) is 0 Å². The summed E-state index contributed by atoms with van der Waals surface area (Å²) in [5, 5.41) is 6.65. The van der Waals surface area contributed by atoms with Gasteiger partial charge in [-0.15, -0.1) is 0 Å². The number of thiocarbonyl (C=S) groups is 1. The zero-order valence-electron chi connectivity index (χ0n) is 16.7. The van der Waals surface area contributed by atoms with Crippen molar-refractivity contribution in [1.82, 2.24) is 5.32 Å². The van der Waals surface area contributed by atoms with Crippen molar-refractivity contribution in [3.8, 4) is 5.75 Å². The zero-order valence-corrected chi connectivity index (χ0v) is 18.3. The van der Waals surface area contributed by atoms with E-state index in [2.05, 4.69) is 15.4 Å². The molecule has 0 bridgehead atoms. The monoisotopic (exact) mass is 441 g/mol. The smallest absolute Gasteiger partial charge is 0.261 e. The van der Waals surface area contributed by atoms with Gasteiger partial charge in [-0.25, -0.2) is 8.42 Å². The van der Waals surface area contributed by atoms with Gasteiger partial charge >= 0.3 is 0 Å². The lowest BCUT2D eigenvalue weighted by Gasteiger charge is -2.12. The minimum absolute atomic E-state index is 0.155. The molecule has 0 aliphatic rings. The second kappa shape index (κ2) is 9.60. The van der Waals surface area contributed by atoms with Crippen LogP contribution in [0.25, 0.3) is 0 Å². The molecule has 6 nitrogen and oxygen atoms in total. The first-order valence-electron chi connectivity index (χ1n) is 9.23. The molecule has 0 aliphatic carbocycles. The van der Waals surface area contributed by atoms with Crippen molar-refractivity contribution < 1.29 is 13.2 Å². The molecule has 0 saturated heterocycles. The number of hydrogen-bond donors (Lipinski definition) is 3. The van der Waals surface area contributed by atoms with Crippen LogP contribution in [0.15, 0.2) is 77.7 Å². The molecule has 8 heteroatoms. The molecule has 0 aromatic heterocycles. The fourth-order valence-corrected chi connectivity index (χ4v) is 3.90. The van der Waals surface area contributed by atoms with E-state index in [1.54, 1.807) is 43.5 Å². The summed E-state index contributed by atoms with van der Waals surface area (Å²) in [6, 6.07) is 21.2. The average molecular weight is 442 g/mol. The van der Waals surface area contributed by atoms with E-state index in [1.165, 1.54) is 17.7 Å². The predicted octanol–water partition coefficient (Wildman–Crippen LogP) is 4.29. The summed E-state index contributed by atoms with van der Waals surface area (Å²) in [5.74, 6) is 0.653. The predicted molar refractivity (Wildman–Crippen MR) is 124 cm³/mol. The molecule has 0 radical (unpaired) electrons. The van der Waals surface area contributed by atoms with Crippen molar-refractivity contribution in [3.05, 3.63) is 83.9 Å². The van der Waals surface area contributed by atoms with E-state index in [0.717, 1.165) is 5.56 Å². The summed E-state index contributed by atoms with van der Waals surface area (Å²) in [5.41, 5.74) is 3.48. The largest absolute Gasteiger partial charge is 0.497 e. The minimum Gasteiger partial charge on any atom is -0.497 e. The lowest BCUT2D eigenvalue weighted by Crippen LogP contribution is -2.27. The number of anilines is 2. The normalized spacial score (nSPS) is 10.9. The third-order valence-corrected chi connectivity index (χ3v) is 5.98. The molecule has 0 unspecified atom stereocenters. The lowest BCUT2D eigenvalue weighted by molar-refractivity contribution is 0.415. The molecular formula is C22H23N3O3S2. The maximum absolute atomic E-state index is 12.6. The molecule has 0 amide bonds. The van der Waals surface area contributed by atoms with Gasteiger partial charge in [-0.1, -0.05) is 29.8 Å². The van der Waals surface area contributed by atoms with Gasteiger partial charge in [0, 0.05) is 17.9 Å². The first-order valence-corrected chi connectivity index (χ1v) is 11.1. The van der Waals surface area contributed by atoms with Crippen LogP contribution in [-0.2, 0) is 16.6 Å². The molecule has 0 atom stereocenters. The van der Waals surface area contributed by atoms with Gasteiger partial charge < -0.3 is 15.4 Å². The van der Waals surface area contributed by atoms with Crippen LogP contribution in [0.2, 0.25) is 0 Å². The van der Waals surface area contributed by atoms with Crippen LogP contribution in [0, 0.1) is 6.92 Å². The molecule has 3 rings (SSSR count). The Morgan fingerprint density at radius 3 is 2.10 bits per heavy atom. The highest BCUT2D eigenvalue weighted by atomic mass is 32.2. The first kappa shape index (κ1) is 21.6. The van der Waals surface area contributed by atoms with E-state index in [-0.39, 0.29) is 4.90 Å². The SMILES string of the molecule is COc1ccc(NS(=O)(=O)c2ccc(NC(=S)NCc3ccc(C)cc3)cc2)cc1. The fraction of sp³-hybridized carbons (Fsp3) is 0.136. The molecule has 156 valence electrons. The van der Waals surface area contributed by atoms with Crippen LogP contribution in [-0.4, -0.2) is 20.6 Å². The van der Waals surface area contributed by atoms with Gasteiger partial charge in [-0.05, 0) is 73.2 Å². The van der Waals surface area contributed by atoms with E-state index in [0.29, 0.717) is 28.8 Å². The van der Waals surface area contributed by atoms with Gasteiger partial charge in [0.2, 0.25) is 0 Å². The van der Waals surface area contributed by atoms with Crippen LogP contribution < -0.4 is 20.1 Å². The van der Waals surface area contributed by atoms with Gasteiger partial charge in [-0.2, -0.15) is 0 Å². The van der Waals surface area contributed by atoms with E-state index >= 15 is 0 Å². The van der Waals surface area contributed by atoms with Gasteiger partial charge in [0.05, 0.1) is 12.0 Å². The number of rotatable bonds is 7. The Balaban J connectivity index is 1.57. The molecule has 0 fully saturated rings. The zero-order chi connectivity index (χ0) is 21.6. The maximum atomic E-state index is 12.6. The van der Waals surface area contributed by atoms with Crippen molar-refractivity contribution >= 4 is 38.7 Å². The van der Waals surface area contributed by atoms with Crippen molar-refractivity contribution in [2.24, 2.45) is 0 Å². The van der Waals surface area contributed by atoms with Gasteiger partial charge in [0.25, 0.3) is 10.0 Å². The molecular weight excluding hydrogens is 418 g/mol. The molecule has 3 aromatic carbocycles. The minimum atomic E-state index is -3.70. The van der Waals surface area contributed by atoms with Gasteiger partial charge in [-0.3, -0.25) is 4.72 Å². The first-order chi connectivity index (χ1) is 14.4. The number of sulfonamides is 1. The van der Waals surface area contributed by atoms with E-state index in [1.807, 2.05) is 31.2 Å². The standard InChI is InChI=1S/C22H23N3O3S2/c1-16-3-5-17(6-4-16)15-23-22(29)24-18-9-13-21(14-10-18)30(26,27)25-19-7-11-20(28-2)12-8-19/h3-14,25H,15H2,1-2H3,(H2,23,24,29). The number of methoxy groups -OCH3 is 1. The van der Waals surface area contributed by atoms with Gasteiger partial charge in [0.1, 0.15) is 5.75 Å². The Morgan fingerprint density at radius 2 is 1.50 bits per heavy atom. The highest BCUT2D eigenvalue weighted by Crippen LogP contribution is 2.20. The topological polar surface area (TPSA) is 79.5 Å². The summed E-state index contributed by atoms with van der Waals surface area (Å²) in [6.45, 7) is 2.64. The van der Waals surface area contributed by atoms with E-state index in [9.17, 15) is 8.42 Å². The summed E-state index contributed by atoms with van der Waals surface area (Å²) >= 11 is 5.31. The van der Waals surface area contributed by atoms with Crippen molar-refractivity contribution in [1.29, 1.82) is 0 Å². The molecule has 0 aliphatic heterocycles. The van der Waals surface area contributed by atoms with E-state index < -0.39 is 10.0 Å². The number of benzene rings is 3. The Labute approximate surface area is 182 Å². The summed E-state index contributed by atoms with van der Waals surface area (Å²) < 4.78 is 32.8. The summed E-state index contributed by atoms with van der Waals surface area (Å²) in [6.07, 6.45) is 0. The van der Waals surface area contributed by atoms with E-state index in [4.69, 9.17) is 17.0 Å². The van der Waals surface area contributed by atoms with Crippen LogP contribution in [0.3, 0.4) is 0 Å². The third kappa shape index (κ3) is 5.95. The number of hydrogen-bond acceptors (Lipinski definition) is 4. The van der Waals surface area contributed by atoms with Crippen molar-refractivity contribution in [2.45, 2.75) is 18.4 Å². The molecule has 3 N–H and O–H groups in total. The van der Waals surface area contributed by atoms with Crippen molar-refractivity contribution in [2.75, 3.05) is 17.1 Å². The Hall–Kier alpha value is -3.10. The molecule has 3 aromatic rings. The number of nitrogens with one attached hydrogen (secondary N) is 3. The highest BCUT2D eigenvalue weighted by Gasteiger charge is 2.14. The second-order valence-corrected chi connectivity index (χ2v) is 8.74. The Kier molecular flexibility index (Phi) is 6.91. The number of ether oxygens (including phenoxy) is 1. The Bertz CT molecular complexity index is 1100. The molecule has 30 heavy (non-hydrogen) atoms. The second-order valence-electron chi connectivity index (χ2n) is 6.65. The number of aryl methyl sites for hydroxylation is 1. The van der Waals surface area contributed by atoms with Crippen LogP contribution >= 0.6 is 12.2 Å². The van der Waals surface area contributed by atoms with Crippen LogP contribution in [0.1, 0.15) is 11.1 Å². The molecule has 0 heterocycles. The fourth-order valence-electron chi connectivity index (χ4n) is 2.65. The lowest BCUT2D eigenvalue weighted by atomic mass is 10.1. The molecule has 0 saturated carbocycles. The maximum Gasteiger partial charge on any atom is 0.261 e. The highest BCUT2D eigenvalue weighted by molar-refractivity contribution is 7.92. The van der Waals surface area contributed by atoms with Crippen LogP contribution in [0.5, 0.6) is 5.75 Å². The summed E-state index contributed by atoms with van der Waals surface area (Å²) in [4.78, 5) is 0.155.